The number of carbonyl (C=O) groups is 1. The van der Waals surface area contributed by atoms with Gasteiger partial charge in [-0.3, -0.25) is 14.9 Å². The molecule has 0 atom stereocenters. The third-order valence-electron chi connectivity index (χ3n) is 3.09. The molecule has 1 N–H and O–H groups in total. The maximum absolute atomic E-state index is 12.2. The van der Waals surface area contributed by atoms with Gasteiger partial charge >= 0.3 is 0 Å². The number of nitro benzene ring substituents is 1. The molecule has 2 aromatic rings. The van der Waals surface area contributed by atoms with E-state index >= 15 is 0 Å². The SMILES string of the molecule is Cc1ccc(NC(=O)c2cccc(C#CCF)c2)cc1[N+](=O)[O-]. The molecule has 0 unspecified atom stereocenters. The number of anilines is 1. The third-order valence-corrected chi connectivity index (χ3v) is 3.09. The number of rotatable bonds is 3. The Morgan fingerprint density at radius 2 is 2.09 bits per heavy atom. The lowest BCUT2D eigenvalue weighted by atomic mass is 10.1. The van der Waals surface area contributed by atoms with Crippen LogP contribution < -0.4 is 5.32 Å². The van der Waals surface area contributed by atoms with E-state index in [4.69, 9.17) is 0 Å². The van der Waals surface area contributed by atoms with Gasteiger partial charge in [-0.2, -0.15) is 0 Å². The zero-order valence-corrected chi connectivity index (χ0v) is 12.3. The summed E-state index contributed by atoms with van der Waals surface area (Å²) in [7, 11) is 0. The van der Waals surface area contributed by atoms with Crippen molar-refractivity contribution >= 4 is 17.3 Å². The second kappa shape index (κ2) is 7.18. The Bertz CT molecular complexity index is 822. The first-order valence-corrected chi connectivity index (χ1v) is 6.72. The number of nitro groups is 1. The van der Waals surface area contributed by atoms with Gasteiger partial charge in [-0.25, -0.2) is 4.39 Å². The van der Waals surface area contributed by atoms with Crippen molar-refractivity contribution < 1.29 is 14.1 Å². The fraction of sp³-hybridized carbons (Fsp3) is 0.118. The summed E-state index contributed by atoms with van der Waals surface area (Å²) < 4.78 is 12.1. The van der Waals surface area contributed by atoms with E-state index in [1.54, 1.807) is 37.3 Å². The molecule has 0 aliphatic heterocycles. The summed E-state index contributed by atoms with van der Waals surface area (Å²) in [6.07, 6.45) is 0. The van der Waals surface area contributed by atoms with Crippen molar-refractivity contribution in [2.75, 3.05) is 12.0 Å². The molecule has 0 aliphatic rings. The van der Waals surface area contributed by atoms with E-state index in [2.05, 4.69) is 17.2 Å². The number of halogens is 1. The van der Waals surface area contributed by atoms with E-state index in [0.717, 1.165) is 0 Å². The molecule has 0 aliphatic carbocycles. The zero-order chi connectivity index (χ0) is 16.8. The summed E-state index contributed by atoms with van der Waals surface area (Å²) >= 11 is 0. The summed E-state index contributed by atoms with van der Waals surface area (Å²) in [5, 5.41) is 13.5. The number of amides is 1. The van der Waals surface area contributed by atoms with Gasteiger partial charge in [0.1, 0.15) is 0 Å². The molecule has 0 spiro atoms. The van der Waals surface area contributed by atoms with E-state index in [9.17, 15) is 19.3 Å². The Labute approximate surface area is 132 Å². The van der Waals surface area contributed by atoms with Crippen LogP contribution in [0.3, 0.4) is 0 Å². The van der Waals surface area contributed by atoms with Crippen LogP contribution >= 0.6 is 0 Å². The Balaban J connectivity index is 2.22. The standard InChI is InChI=1S/C17H13FN2O3/c1-12-7-8-15(11-16(12)20(22)23)19-17(21)14-6-2-4-13(10-14)5-3-9-18/h2,4,6-8,10-11H,9H2,1H3,(H,19,21). The van der Waals surface area contributed by atoms with Gasteiger partial charge in [0, 0.05) is 28.4 Å². The molecule has 2 rings (SSSR count). The molecule has 0 aromatic heterocycles. The lowest BCUT2D eigenvalue weighted by Crippen LogP contribution is -2.12. The summed E-state index contributed by atoms with van der Waals surface area (Å²) in [5.41, 5.74) is 1.62. The van der Waals surface area contributed by atoms with Crippen LogP contribution in [0.1, 0.15) is 21.5 Å². The van der Waals surface area contributed by atoms with Crippen molar-refractivity contribution in [2.45, 2.75) is 6.92 Å². The van der Waals surface area contributed by atoms with Crippen LogP contribution in [-0.4, -0.2) is 17.5 Å². The fourth-order valence-corrected chi connectivity index (χ4v) is 1.96. The van der Waals surface area contributed by atoms with Gasteiger partial charge in [0.2, 0.25) is 0 Å². The number of nitrogens with zero attached hydrogens (tertiary/aromatic N) is 1. The molecule has 6 heteroatoms. The van der Waals surface area contributed by atoms with Gasteiger partial charge in [0.05, 0.1) is 4.92 Å². The quantitative estimate of drug-likeness (QED) is 0.536. The van der Waals surface area contributed by atoms with E-state index in [0.29, 0.717) is 22.4 Å². The normalized spacial score (nSPS) is 9.65. The van der Waals surface area contributed by atoms with Crippen LogP contribution in [0.25, 0.3) is 0 Å². The highest BCUT2D eigenvalue weighted by molar-refractivity contribution is 6.04. The predicted octanol–water partition coefficient (Wildman–Crippen LogP) is 3.48. The smallest absolute Gasteiger partial charge is 0.274 e. The van der Waals surface area contributed by atoms with Gasteiger partial charge in [-0.05, 0) is 31.2 Å². The molecule has 0 saturated carbocycles. The van der Waals surface area contributed by atoms with Crippen LogP contribution in [0.5, 0.6) is 0 Å². The first kappa shape index (κ1) is 16.2. The number of alkyl halides is 1. The van der Waals surface area contributed by atoms with Crippen LogP contribution in [0.2, 0.25) is 0 Å². The molecule has 0 fully saturated rings. The summed E-state index contributed by atoms with van der Waals surface area (Å²) in [4.78, 5) is 22.6. The first-order chi connectivity index (χ1) is 11.0. The molecular weight excluding hydrogens is 299 g/mol. The van der Waals surface area contributed by atoms with Gasteiger partial charge in [0.15, 0.2) is 6.67 Å². The van der Waals surface area contributed by atoms with Crippen LogP contribution in [0.4, 0.5) is 15.8 Å². The van der Waals surface area contributed by atoms with Crippen molar-refractivity contribution in [1.29, 1.82) is 0 Å². The Hall–Kier alpha value is -3.20. The number of carbonyl (C=O) groups excluding carboxylic acids is 1. The summed E-state index contributed by atoms with van der Waals surface area (Å²) in [5.74, 6) is 4.45. The Morgan fingerprint density at radius 3 is 2.78 bits per heavy atom. The number of hydrogen-bond donors (Lipinski definition) is 1. The fourth-order valence-electron chi connectivity index (χ4n) is 1.96. The van der Waals surface area contributed by atoms with E-state index < -0.39 is 17.5 Å². The minimum atomic E-state index is -0.760. The second-order valence-electron chi connectivity index (χ2n) is 4.73. The van der Waals surface area contributed by atoms with Crippen molar-refractivity contribution in [3.8, 4) is 11.8 Å². The highest BCUT2D eigenvalue weighted by Gasteiger charge is 2.13. The number of nitrogens with one attached hydrogen (secondary N) is 1. The summed E-state index contributed by atoms with van der Waals surface area (Å²) in [6.45, 7) is 0.861. The minimum Gasteiger partial charge on any atom is -0.322 e. The number of hydrogen-bond acceptors (Lipinski definition) is 3. The molecular formula is C17H13FN2O3. The van der Waals surface area contributed by atoms with Crippen LogP contribution in [-0.2, 0) is 0 Å². The van der Waals surface area contributed by atoms with E-state index in [1.807, 2.05) is 0 Å². The van der Waals surface area contributed by atoms with Gasteiger partial charge in [-0.1, -0.05) is 24.0 Å². The highest BCUT2D eigenvalue weighted by atomic mass is 19.1. The molecule has 1 amide bonds. The van der Waals surface area contributed by atoms with E-state index in [1.165, 1.54) is 12.1 Å². The van der Waals surface area contributed by atoms with Crippen molar-refractivity contribution in [3.05, 3.63) is 69.3 Å². The molecule has 0 bridgehead atoms. The average molecular weight is 312 g/mol. The molecule has 0 saturated heterocycles. The molecule has 2 aromatic carbocycles. The van der Waals surface area contributed by atoms with Gasteiger partial charge in [-0.15, -0.1) is 0 Å². The summed E-state index contributed by atoms with van der Waals surface area (Å²) in [6, 6.07) is 10.9. The lowest BCUT2D eigenvalue weighted by Gasteiger charge is -2.06. The highest BCUT2D eigenvalue weighted by Crippen LogP contribution is 2.22. The Morgan fingerprint density at radius 1 is 1.30 bits per heavy atom. The van der Waals surface area contributed by atoms with E-state index in [-0.39, 0.29) is 5.69 Å². The monoisotopic (exact) mass is 312 g/mol. The average Bonchev–Trinajstić information content (AvgIpc) is 2.54. The molecule has 0 radical (unpaired) electrons. The lowest BCUT2D eigenvalue weighted by molar-refractivity contribution is -0.385. The zero-order valence-electron chi connectivity index (χ0n) is 12.3. The topological polar surface area (TPSA) is 72.2 Å². The van der Waals surface area contributed by atoms with Crippen molar-refractivity contribution in [1.82, 2.24) is 0 Å². The molecule has 5 nitrogen and oxygen atoms in total. The van der Waals surface area contributed by atoms with Crippen molar-refractivity contribution in [3.63, 3.8) is 0 Å². The maximum atomic E-state index is 12.2. The maximum Gasteiger partial charge on any atom is 0.274 e. The number of aryl methyl sites for hydroxylation is 1. The third kappa shape index (κ3) is 4.14. The van der Waals surface area contributed by atoms with Gasteiger partial charge in [0.25, 0.3) is 11.6 Å². The van der Waals surface area contributed by atoms with Crippen molar-refractivity contribution in [2.24, 2.45) is 0 Å². The minimum absolute atomic E-state index is 0.0645. The second-order valence-corrected chi connectivity index (χ2v) is 4.73. The Kier molecular flexibility index (Phi) is 5.05. The van der Waals surface area contributed by atoms with Crippen LogP contribution in [0.15, 0.2) is 42.5 Å². The van der Waals surface area contributed by atoms with Gasteiger partial charge < -0.3 is 5.32 Å². The number of benzene rings is 2. The predicted molar refractivity (Wildman–Crippen MR) is 85.1 cm³/mol. The van der Waals surface area contributed by atoms with Crippen LogP contribution in [0, 0.1) is 28.9 Å². The largest absolute Gasteiger partial charge is 0.322 e. The molecule has 0 heterocycles. The first-order valence-electron chi connectivity index (χ1n) is 6.72. The molecule has 23 heavy (non-hydrogen) atoms. The molecule has 116 valence electrons.